The number of rotatable bonds is 2. The van der Waals surface area contributed by atoms with Gasteiger partial charge in [-0.25, -0.2) is 0 Å². The first-order chi connectivity index (χ1) is 4.72. The number of allylic oxidation sites excluding steroid dienone is 1. The van der Waals surface area contributed by atoms with Crippen LogP contribution in [0.5, 0.6) is 0 Å². The van der Waals surface area contributed by atoms with E-state index in [1.54, 1.807) is 12.1 Å². The third kappa shape index (κ3) is 1.28. The van der Waals surface area contributed by atoms with Gasteiger partial charge in [0.25, 0.3) is 5.24 Å². The van der Waals surface area contributed by atoms with Gasteiger partial charge >= 0.3 is 0 Å². The first-order valence-electron chi connectivity index (χ1n) is 2.64. The summed E-state index contributed by atoms with van der Waals surface area (Å²) in [7, 11) is 0. The summed E-state index contributed by atoms with van der Waals surface area (Å²) in [5.41, 5.74) is 0.187. The summed E-state index contributed by atoms with van der Waals surface area (Å²) in [5, 5.41) is -0.588. The van der Waals surface area contributed by atoms with Crippen LogP contribution >= 0.6 is 11.6 Å². The third-order valence-electron chi connectivity index (χ3n) is 1.06. The molecule has 1 aromatic heterocycles. The highest BCUT2D eigenvalue weighted by Gasteiger charge is 2.07. The van der Waals surface area contributed by atoms with Crippen LogP contribution in [0.1, 0.15) is 5.76 Å². The van der Waals surface area contributed by atoms with Crippen molar-refractivity contribution in [2.45, 2.75) is 0 Å². The summed E-state index contributed by atoms with van der Waals surface area (Å²) >= 11 is 5.12. The van der Waals surface area contributed by atoms with Crippen LogP contribution in [-0.2, 0) is 4.79 Å². The molecule has 1 heterocycles. The van der Waals surface area contributed by atoms with Crippen LogP contribution in [-0.4, -0.2) is 5.24 Å². The molecule has 0 aliphatic carbocycles. The first-order valence-corrected chi connectivity index (χ1v) is 3.02. The van der Waals surface area contributed by atoms with Crippen LogP contribution in [0, 0.1) is 0 Å². The predicted octanol–water partition coefficient (Wildman–Crippen LogP) is 2.06. The largest absolute Gasteiger partial charge is 0.464 e. The highest BCUT2D eigenvalue weighted by molar-refractivity contribution is 6.74. The number of carbonyl (C=O) groups is 1. The predicted molar refractivity (Wildman–Crippen MR) is 38.6 cm³/mol. The van der Waals surface area contributed by atoms with Gasteiger partial charge in [0.15, 0.2) is 0 Å². The second-order valence-corrected chi connectivity index (χ2v) is 2.07. The molecule has 0 amide bonds. The van der Waals surface area contributed by atoms with Crippen LogP contribution in [0.25, 0.3) is 5.57 Å². The van der Waals surface area contributed by atoms with E-state index in [0.29, 0.717) is 5.76 Å². The minimum atomic E-state index is -0.588. The molecule has 10 heavy (non-hydrogen) atoms. The summed E-state index contributed by atoms with van der Waals surface area (Å²) in [4.78, 5) is 10.4. The quantitative estimate of drug-likeness (QED) is 0.485. The molecule has 0 saturated heterocycles. The van der Waals surface area contributed by atoms with Gasteiger partial charge in [-0.15, -0.1) is 0 Å². The molecule has 0 spiro atoms. The maximum Gasteiger partial charge on any atom is 0.255 e. The van der Waals surface area contributed by atoms with E-state index in [1.165, 1.54) is 6.26 Å². The van der Waals surface area contributed by atoms with E-state index in [0.717, 1.165) is 0 Å². The molecule has 0 aliphatic rings. The SMILES string of the molecule is C=C(C(=O)Cl)c1ccco1. The van der Waals surface area contributed by atoms with Gasteiger partial charge in [-0.2, -0.15) is 0 Å². The number of hydrogen-bond donors (Lipinski definition) is 0. The fraction of sp³-hybridized carbons (Fsp3) is 0. The van der Waals surface area contributed by atoms with Gasteiger partial charge in [0.2, 0.25) is 0 Å². The Bertz CT molecular complexity index is 249. The van der Waals surface area contributed by atoms with Crippen molar-refractivity contribution in [3.05, 3.63) is 30.7 Å². The molecule has 0 fully saturated rings. The molecular weight excluding hydrogens is 152 g/mol. The molecular formula is C7H5ClO2. The Hall–Kier alpha value is -1.02. The van der Waals surface area contributed by atoms with Gasteiger partial charge in [0.05, 0.1) is 11.8 Å². The Morgan fingerprint density at radius 2 is 2.40 bits per heavy atom. The molecule has 2 nitrogen and oxygen atoms in total. The van der Waals surface area contributed by atoms with Crippen molar-refractivity contribution in [3.8, 4) is 0 Å². The minimum absolute atomic E-state index is 0.187. The lowest BCUT2D eigenvalue weighted by molar-refractivity contribution is -0.106. The lowest BCUT2D eigenvalue weighted by atomic mass is 10.3. The summed E-state index contributed by atoms with van der Waals surface area (Å²) < 4.78 is 4.85. The maximum absolute atomic E-state index is 10.4. The van der Waals surface area contributed by atoms with Crippen LogP contribution in [0.15, 0.2) is 29.4 Å². The van der Waals surface area contributed by atoms with Crippen molar-refractivity contribution in [1.82, 2.24) is 0 Å². The van der Waals surface area contributed by atoms with Gasteiger partial charge < -0.3 is 4.42 Å². The average molecular weight is 157 g/mol. The van der Waals surface area contributed by atoms with Crippen LogP contribution in [0.3, 0.4) is 0 Å². The monoisotopic (exact) mass is 156 g/mol. The van der Waals surface area contributed by atoms with Crippen molar-refractivity contribution in [1.29, 1.82) is 0 Å². The van der Waals surface area contributed by atoms with Crippen molar-refractivity contribution in [3.63, 3.8) is 0 Å². The molecule has 0 atom stereocenters. The van der Waals surface area contributed by atoms with Crippen molar-refractivity contribution >= 4 is 22.4 Å². The second-order valence-electron chi connectivity index (χ2n) is 1.73. The zero-order chi connectivity index (χ0) is 7.56. The Kier molecular flexibility index (Phi) is 1.92. The molecule has 1 aromatic rings. The van der Waals surface area contributed by atoms with Gasteiger partial charge in [-0.3, -0.25) is 4.79 Å². The number of hydrogen-bond acceptors (Lipinski definition) is 2. The second kappa shape index (κ2) is 2.71. The topological polar surface area (TPSA) is 30.2 Å². The standard InChI is InChI=1S/C7H5ClO2/c1-5(7(8)9)6-3-2-4-10-6/h2-4H,1H2. The highest BCUT2D eigenvalue weighted by Crippen LogP contribution is 2.14. The van der Waals surface area contributed by atoms with E-state index in [2.05, 4.69) is 6.58 Å². The number of halogens is 1. The van der Waals surface area contributed by atoms with E-state index in [1.807, 2.05) is 0 Å². The minimum Gasteiger partial charge on any atom is -0.464 e. The lowest BCUT2D eigenvalue weighted by Gasteiger charge is -1.90. The summed E-state index contributed by atoms with van der Waals surface area (Å²) in [6.07, 6.45) is 1.46. The number of furan rings is 1. The zero-order valence-electron chi connectivity index (χ0n) is 5.13. The Labute approximate surface area is 63.1 Å². The molecule has 0 unspecified atom stereocenters. The van der Waals surface area contributed by atoms with Gasteiger partial charge in [-0.05, 0) is 23.7 Å². The van der Waals surface area contributed by atoms with E-state index in [-0.39, 0.29) is 5.57 Å². The third-order valence-corrected chi connectivity index (χ3v) is 1.28. The fourth-order valence-electron chi connectivity index (χ4n) is 0.547. The Morgan fingerprint density at radius 3 is 2.80 bits per heavy atom. The molecule has 3 heteroatoms. The molecule has 0 N–H and O–H groups in total. The highest BCUT2D eigenvalue weighted by atomic mass is 35.5. The van der Waals surface area contributed by atoms with Crippen molar-refractivity contribution < 1.29 is 9.21 Å². The zero-order valence-corrected chi connectivity index (χ0v) is 5.89. The molecule has 0 saturated carbocycles. The molecule has 52 valence electrons. The Morgan fingerprint density at radius 1 is 1.70 bits per heavy atom. The smallest absolute Gasteiger partial charge is 0.255 e. The maximum atomic E-state index is 10.4. The van der Waals surface area contributed by atoms with Gasteiger partial charge in [0.1, 0.15) is 5.76 Å². The van der Waals surface area contributed by atoms with Gasteiger partial charge in [0, 0.05) is 0 Å². The fourth-order valence-corrected chi connectivity index (χ4v) is 0.640. The first kappa shape index (κ1) is 7.09. The van der Waals surface area contributed by atoms with E-state index < -0.39 is 5.24 Å². The average Bonchev–Trinajstić information content (AvgIpc) is 2.36. The summed E-state index contributed by atoms with van der Waals surface area (Å²) in [6.45, 7) is 3.42. The van der Waals surface area contributed by atoms with Crippen LogP contribution in [0.2, 0.25) is 0 Å². The van der Waals surface area contributed by atoms with Crippen molar-refractivity contribution in [2.75, 3.05) is 0 Å². The van der Waals surface area contributed by atoms with Crippen LogP contribution in [0.4, 0.5) is 0 Å². The summed E-state index contributed by atoms with van der Waals surface area (Å²) in [5.74, 6) is 0.417. The van der Waals surface area contributed by atoms with Crippen molar-refractivity contribution in [2.24, 2.45) is 0 Å². The normalized spacial score (nSPS) is 9.30. The van der Waals surface area contributed by atoms with E-state index in [9.17, 15) is 4.79 Å². The van der Waals surface area contributed by atoms with E-state index >= 15 is 0 Å². The van der Waals surface area contributed by atoms with Crippen LogP contribution < -0.4 is 0 Å². The molecule has 0 aliphatic heterocycles. The molecule has 0 bridgehead atoms. The molecule has 0 radical (unpaired) electrons. The lowest BCUT2D eigenvalue weighted by Crippen LogP contribution is -1.87. The number of carbonyl (C=O) groups excluding carboxylic acids is 1. The summed E-state index contributed by atoms with van der Waals surface area (Å²) in [6, 6.07) is 3.29. The van der Waals surface area contributed by atoms with Gasteiger partial charge in [-0.1, -0.05) is 6.58 Å². The van der Waals surface area contributed by atoms with E-state index in [4.69, 9.17) is 16.0 Å². The molecule has 1 rings (SSSR count). The molecule has 0 aromatic carbocycles. The Balaban J connectivity index is 2.88.